The van der Waals surface area contributed by atoms with Gasteiger partial charge in [0.15, 0.2) is 0 Å². The monoisotopic (exact) mass is 433 g/mol. The van der Waals surface area contributed by atoms with Crippen LogP contribution < -0.4 is 4.74 Å². The second-order valence-electron chi connectivity index (χ2n) is 9.57. The Balaban J connectivity index is 1.33. The van der Waals surface area contributed by atoms with Crippen LogP contribution in [0.15, 0.2) is 42.5 Å². The fourth-order valence-electron chi connectivity index (χ4n) is 4.83. The number of fused-ring (bicyclic) bond motifs is 1. The molecule has 0 bridgehead atoms. The highest BCUT2D eigenvalue weighted by Crippen LogP contribution is 2.27. The lowest BCUT2D eigenvalue weighted by molar-refractivity contribution is 0.299. The van der Waals surface area contributed by atoms with Crippen molar-refractivity contribution in [1.29, 1.82) is 0 Å². The molecule has 1 aliphatic rings. The predicted octanol–water partition coefficient (Wildman–Crippen LogP) is 6.36. The zero-order valence-electron chi connectivity index (χ0n) is 20.1. The van der Waals surface area contributed by atoms with Crippen molar-refractivity contribution in [2.24, 2.45) is 0 Å². The number of rotatable bonds is 11. The molecule has 0 aliphatic carbocycles. The van der Waals surface area contributed by atoms with Crippen molar-refractivity contribution in [2.45, 2.75) is 71.8 Å². The van der Waals surface area contributed by atoms with E-state index in [2.05, 4.69) is 72.7 Å². The van der Waals surface area contributed by atoms with Crippen molar-refractivity contribution in [3.63, 3.8) is 0 Å². The summed E-state index contributed by atoms with van der Waals surface area (Å²) in [6, 6.07) is 15.1. The summed E-state index contributed by atoms with van der Waals surface area (Å²) in [4.78, 5) is 7.58. The van der Waals surface area contributed by atoms with Gasteiger partial charge >= 0.3 is 0 Å². The Bertz CT molecular complexity index is 1000. The Hall–Kier alpha value is -2.33. The number of unbranched alkanes of at least 4 members (excludes halogenated alkanes) is 1. The molecule has 3 aromatic rings. The van der Waals surface area contributed by atoms with Crippen molar-refractivity contribution >= 4 is 11.0 Å². The van der Waals surface area contributed by atoms with Crippen molar-refractivity contribution in [2.75, 3.05) is 26.2 Å². The molecule has 2 aromatic carbocycles. The summed E-state index contributed by atoms with van der Waals surface area (Å²) in [7, 11) is 0. The lowest BCUT2D eigenvalue weighted by Crippen LogP contribution is -2.21. The van der Waals surface area contributed by atoms with E-state index in [-0.39, 0.29) is 0 Å². The van der Waals surface area contributed by atoms with Crippen LogP contribution in [-0.2, 0) is 13.0 Å². The highest BCUT2D eigenvalue weighted by molar-refractivity contribution is 5.75. The van der Waals surface area contributed by atoms with Crippen molar-refractivity contribution in [3.05, 3.63) is 59.4 Å². The van der Waals surface area contributed by atoms with Gasteiger partial charge in [0.1, 0.15) is 11.6 Å². The van der Waals surface area contributed by atoms with Crippen molar-refractivity contribution < 1.29 is 4.74 Å². The molecule has 172 valence electrons. The van der Waals surface area contributed by atoms with E-state index in [0.717, 1.165) is 43.7 Å². The van der Waals surface area contributed by atoms with Gasteiger partial charge in [-0.25, -0.2) is 4.98 Å². The molecule has 0 amide bonds. The highest BCUT2D eigenvalue weighted by atomic mass is 16.5. The van der Waals surface area contributed by atoms with Gasteiger partial charge in [0.2, 0.25) is 0 Å². The van der Waals surface area contributed by atoms with E-state index in [0.29, 0.717) is 5.92 Å². The second kappa shape index (κ2) is 11.0. The Labute approximate surface area is 193 Å². The molecule has 0 N–H and O–H groups in total. The molecule has 0 spiro atoms. The molecule has 1 aliphatic heterocycles. The average molecular weight is 434 g/mol. The summed E-state index contributed by atoms with van der Waals surface area (Å²) in [5.74, 6) is 2.77. The van der Waals surface area contributed by atoms with Crippen LogP contribution in [0.1, 0.15) is 68.8 Å². The van der Waals surface area contributed by atoms with Crippen LogP contribution in [0.4, 0.5) is 0 Å². The summed E-state index contributed by atoms with van der Waals surface area (Å²) in [6.45, 7) is 12.1. The summed E-state index contributed by atoms with van der Waals surface area (Å²) in [6.07, 6.45) is 7.12. The number of nitrogens with zero attached hydrogens (tertiary/aromatic N) is 3. The third kappa shape index (κ3) is 5.72. The molecule has 1 saturated heterocycles. The third-order valence-electron chi connectivity index (χ3n) is 6.63. The number of aryl methyl sites for hydroxylation is 3. The van der Waals surface area contributed by atoms with E-state index < -0.39 is 0 Å². The molecule has 0 unspecified atom stereocenters. The smallest absolute Gasteiger partial charge is 0.122 e. The second-order valence-corrected chi connectivity index (χ2v) is 9.57. The molecule has 4 nitrogen and oxygen atoms in total. The number of aromatic nitrogens is 2. The minimum atomic E-state index is 0.478. The minimum absolute atomic E-state index is 0.478. The van der Waals surface area contributed by atoms with Crippen LogP contribution in [0.25, 0.3) is 11.0 Å². The first-order valence-electron chi connectivity index (χ1n) is 12.5. The Morgan fingerprint density at radius 2 is 1.78 bits per heavy atom. The first kappa shape index (κ1) is 22.8. The summed E-state index contributed by atoms with van der Waals surface area (Å²) in [5, 5.41) is 0. The van der Waals surface area contributed by atoms with E-state index in [1.54, 1.807) is 0 Å². The van der Waals surface area contributed by atoms with E-state index in [1.807, 2.05) is 0 Å². The van der Waals surface area contributed by atoms with Crippen LogP contribution in [0.5, 0.6) is 5.75 Å². The molecule has 0 saturated carbocycles. The van der Waals surface area contributed by atoms with Crippen LogP contribution in [0.2, 0.25) is 0 Å². The molecule has 4 heteroatoms. The van der Waals surface area contributed by atoms with Gasteiger partial charge < -0.3 is 14.2 Å². The Morgan fingerprint density at radius 3 is 2.59 bits per heavy atom. The van der Waals surface area contributed by atoms with Crippen molar-refractivity contribution in [3.8, 4) is 5.75 Å². The summed E-state index contributed by atoms with van der Waals surface area (Å²) in [5.41, 5.74) is 4.95. The number of ether oxygens (including phenoxy) is 1. The van der Waals surface area contributed by atoms with Gasteiger partial charge in [-0.3, -0.25) is 0 Å². The number of likely N-dealkylation sites (tertiary alicyclic amines) is 1. The van der Waals surface area contributed by atoms with Gasteiger partial charge in [0.05, 0.1) is 17.6 Å². The van der Waals surface area contributed by atoms with Gasteiger partial charge in [-0.05, 0) is 93.9 Å². The normalized spacial score (nSPS) is 14.6. The minimum Gasteiger partial charge on any atom is -0.493 e. The van der Waals surface area contributed by atoms with Crippen LogP contribution in [-0.4, -0.2) is 40.7 Å². The fourth-order valence-corrected chi connectivity index (χ4v) is 4.83. The first-order chi connectivity index (χ1) is 15.6. The van der Waals surface area contributed by atoms with Gasteiger partial charge in [-0.15, -0.1) is 0 Å². The molecular weight excluding hydrogens is 394 g/mol. The molecule has 1 fully saturated rings. The lowest BCUT2D eigenvalue weighted by Gasteiger charge is -2.16. The van der Waals surface area contributed by atoms with Crippen LogP contribution >= 0.6 is 0 Å². The molecule has 4 rings (SSSR count). The fraction of sp³-hybridized carbons (Fsp3) is 0.536. The molecule has 0 atom stereocenters. The van der Waals surface area contributed by atoms with Gasteiger partial charge in [-0.2, -0.15) is 0 Å². The van der Waals surface area contributed by atoms with Gasteiger partial charge in [0.25, 0.3) is 0 Å². The number of hydrogen-bond acceptors (Lipinski definition) is 3. The number of para-hydroxylation sites is 2. The van der Waals surface area contributed by atoms with Gasteiger partial charge in [0, 0.05) is 13.0 Å². The topological polar surface area (TPSA) is 30.3 Å². The standard InChI is InChI=1S/C28H39N3O/c1-22(2)24-15-14-23(3)21-27(24)32-20-9-8-19-31-26-12-5-4-11-25(26)29-28(31)13-10-18-30-16-6-7-17-30/h4-5,11-12,14-15,21-22H,6-10,13,16-20H2,1-3H3. The maximum atomic E-state index is 6.21. The van der Waals surface area contributed by atoms with E-state index >= 15 is 0 Å². The number of imidazole rings is 1. The predicted molar refractivity (Wildman–Crippen MR) is 134 cm³/mol. The van der Waals surface area contributed by atoms with Gasteiger partial charge in [-0.1, -0.05) is 38.1 Å². The molecule has 2 heterocycles. The maximum Gasteiger partial charge on any atom is 0.122 e. The maximum absolute atomic E-state index is 6.21. The van der Waals surface area contributed by atoms with E-state index in [1.165, 1.54) is 61.4 Å². The summed E-state index contributed by atoms with van der Waals surface area (Å²) >= 11 is 0. The average Bonchev–Trinajstić information content (AvgIpc) is 3.41. The van der Waals surface area contributed by atoms with Crippen LogP contribution in [0, 0.1) is 6.92 Å². The molecule has 1 aromatic heterocycles. The lowest BCUT2D eigenvalue weighted by atomic mass is 10.0. The molecule has 32 heavy (non-hydrogen) atoms. The molecule has 0 radical (unpaired) electrons. The summed E-state index contributed by atoms with van der Waals surface area (Å²) < 4.78 is 8.66. The number of hydrogen-bond donors (Lipinski definition) is 0. The zero-order valence-corrected chi connectivity index (χ0v) is 20.1. The first-order valence-corrected chi connectivity index (χ1v) is 12.5. The third-order valence-corrected chi connectivity index (χ3v) is 6.63. The van der Waals surface area contributed by atoms with Crippen molar-refractivity contribution in [1.82, 2.24) is 14.5 Å². The Kier molecular flexibility index (Phi) is 7.85. The van der Waals surface area contributed by atoms with Crippen LogP contribution in [0.3, 0.4) is 0 Å². The van der Waals surface area contributed by atoms with E-state index in [4.69, 9.17) is 9.72 Å². The SMILES string of the molecule is Cc1ccc(C(C)C)c(OCCCCn2c(CCCN3CCCC3)nc3ccccc32)c1. The number of benzene rings is 2. The molecular formula is C28H39N3O. The van der Waals surface area contributed by atoms with E-state index in [9.17, 15) is 0 Å². The largest absolute Gasteiger partial charge is 0.493 e. The quantitative estimate of drug-likeness (QED) is 0.330. The Morgan fingerprint density at radius 1 is 0.969 bits per heavy atom. The highest BCUT2D eigenvalue weighted by Gasteiger charge is 2.14. The zero-order chi connectivity index (χ0) is 22.3.